The Morgan fingerprint density at radius 1 is 1.28 bits per heavy atom. The van der Waals surface area contributed by atoms with Gasteiger partial charge in [0.2, 0.25) is 5.91 Å². The highest BCUT2D eigenvalue weighted by atomic mass is 31.0. The van der Waals surface area contributed by atoms with Crippen LogP contribution >= 0.6 is 9.47 Å². The average molecular weight is 361 g/mol. The van der Waals surface area contributed by atoms with Gasteiger partial charge in [-0.05, 0) is 25.0 Å². The van der Waals surface area contributed by atoms with Crippen molar-refractivity contribution < 1.29 is 24.0 Å². The number of Topliss-reactive ketones (excluding diaryl/α,β-unsaturated/α-hetero) is 1. The second-order valence-corrected chi connectivity index (χ2v) is 6.79. The highest BCUT2D eigenvalue weighted by Crippen LogP contribution is 2.50. The first kappa shape index (κ1) is 17.8. The first-order valence-electron chi connectivity index (χ1n) is 8.07. The molecule has 1 N–H and O–H groups in total. The van der Waals surface area contributed by atoms with Crippen LogP contribution in [0.1, 0.15) is 36.7 Å². The summed E-state index contributed by atoms with van der Waals surface area (Å²) in [5.74, 6) is -1.59. The molecule has 1 fully saturated rings. The zero-order valence-electron chi connectivity index (χ0n) is 14.2. The minimum absolute atomic E-state index is 0.0437. The van der Waals surface area contributed by atoms with Gasteiger partial charge < -0.3 is 14.5 Å². The second kappa shape index (κ2) is 6.36. The van der Waals surface area contributed by atoms with Gasteiger partial charge in [-0.3, -0.25) is 9.59 Å². The molecule has 1 amide bonds. The van der Waals surface area contributed by atoms with Crippen molar-refractivity contribution in [3.05, 3.63) is 41.1 Å². The maximum atomic E-state index is 12.5. The molecule has 1 aromatic carbocycles. The lowest BCUT2D eigenvalue weighted by molar-refractivity contribution is -0.162. The molecule has 0 radical (unpaired) electrons. The van der Waals surface area contributed by atoms with Crippen molar-refractivity contribution in [2.24, 2.45) is 11.8 Å². The predicted octanol–water partition coefficient (Wildman–Crippen LogP) is 1.79. The summed E-state index contributed by atoms with van der Waals surface area (Å²) in [6.07, 6.45) is -0.788. The number of hydrogen-bond donors (Lipinski definition) is 1. The Hall–Kier alpha value is -2.04. The molecule has 0 saturated carbocycles. The number of ketones is 1. The topological polar surface area (TPSA) is 83.9 Å². The summed E-state index contributed by atoms with van der Waals surface area (Å²) in [4.78, 5) is 37.7. The van der Waals surface area contributed by atoms with E-state index in [9.17, 15) is 19.5 Å². The molecule has 0 aromatic heterocycles. The molecule has 2 heterocycles. The lowest BCUT2D eigenvalue weighted by Gasteiger charge is -2.46. The van der Waals surface area contributed by atoms with E-state index in [4.69, 9.17) is 4.52 Å². The lowest BCUT2D eigenvalue weighted by Crippen LogP contribution is -2.63. The van der Waals surface area contributed by atoms with Crippen LogP contribution in [-0.4, -0.2) is 39.8 Å². The van der Waals surface area contributed by atoms with Crippen LogP contribution in [-0.2, 0) is 14.1 Å². The van der Waals surface area contributed by atoms with Crippen LogP contribution < -0.4 is 0 Å². The van der Waals surface area contributed by atoms with Crippen LogP contribution in [0.25, 0.3) is 5.57 Å². The summed E-state index contributed by atoms with van der Waals surface area (Å²) < 4.78 is 4.80. The quantitative estimate of drug-likeness (QED) is 0.502. The second-order valence-electron chi connectivity index (χ2n) is 6.56. The fourth-order valence-electron chi connectivity index (χ4n) is 3.88. The monoisotopic (exact) mass is 361 g/mol. The maximum absolute atomic E-state index is 12.5. The number of amides is 1. The standard InChI is InChI=1S/C18H20NO5P/c1-8-13(12-6-4-11(5-7-12)9(2)20)16(18(23)24-25)19-15(8)14(10(3)21)17(19)22/h4-8,10,14-15,21H,25H2,1-3H3/t8-,10+,14+,15+/m0/s1. The Balaban J connectivity index is 2.09. The van der Waals surface area contributed by atoms with Crippen LogP contribution in [0.5, 0.6) is 0 Å². The number of nitrogens with zero attached hydrogens (tertiary/aromatic N) is 1. The van der Waals surface area contributed by atoms with Crippen molar-refractivity contribution in [3.8, 4) is 0 Å². The van der Waals surface area contributed by atoms with Gasteiger partial charge >= 0.3 is 5.97 Å². The number of hydrogen-bond acceptors (Lipinski definition) is 5. The minimum atomic E-state index is -0.788. The molecule has 1 saturated heterocycles. The third-order valence-electron chi connectivity index (χ3n) is 5.07. The Morgan fingerprint density at radius 3 is 2.36 bits per heavy atom. The summed E-state index contributed by atoms with van der Waals surface area (Å²) in [5, 5.41) is 9.92. The summed E-state index contributed by atoms with van der Waals surface area (Å²) in [7, 11) is 1.91. The van der Waals surface area contributed by atoms with Gasteiger partial charge in [0.1, 0.15) is 5.70 Å². The van der Waals surface area contributed by atoms with Gasteiger partial charge in [-0.15, -0.1) is 0 Å². The highest BCUT2D eigenvalue weighted by molar-refractivity contribution is 7.10. The zero-order valence-corrected chi connectivity index (χ0v) is 15.4. The van der Waals surface area contributed by atoms with Crippen molar-refractivity contribution in [1.82, 2.24) is 4.90 Å². The van der Waals surface area contributed by atoms with Crippen LogP contribution in [0, 0.1) is 11.8 Å². The van der Waals surface area contributed by atoms with Gasteiger partial charge in [-0.25, -0.2) is 4.79 Å². The van der Waals surface area contributed by atoms with E-state index < -0.39 is 18.0 Å². The van der Waals surface area contributed by atoms with E-state index in [0.717, 1.165) is 5.56 Å². The minimum Gasteiger partial charge on any atom is -0.447 e. The SMILES string of the molecule is CC(=O)c1ccc(C2=C(C(=O)OP)N3C(=O)[C@H]([C@@H](C)O)[C@H]3[C@H]2C)cc1. The summed E-state index contributed by atoms with van der Waals surface area (Å²) >= 11 is 0. The third-order valence-corrected chi connectivity index (χ3v) is 5.29. The van der Waals surface area contributed by atoms with Crippen molar-refractivity contribution in [1.29, 1.82) is 0 Å². The number of benzene rings is 1. The van der Waals surface area contributed by atoms with Crippen LogP contribution in [0.3, 0.4) is 0 Å². The van der Waals surface area contributed by atoms with E-state index in [0.29, 0.717) is 11.1 Å². The molecule has 6 nitrogen and oxygen atoms in total. The average Bonchev–Trinajstić information content (AvgIpc) is 2.82. The summed E-state index contributed by atoms with van der Waals surface area (Å²) in [5.41, 5.74) is 2.25. The molecule has 0 spiro atoms. The Labute approximate surface area is 148 Å². The van der Waals surface area contributed by atoms with E-state index in [-0.39, 0.29) is 29.3 Å². The van der Waals surface area contributed by atoms with Crippen LogP contribution in [0.15, 0.2) is 30.0 Å². The first-order valence-corrected chi connectivity index (χ1v) is 8.54. The fraction of sp³-hybridized carbons (Fsp3) is 0.389. The Kier molecular flexibility index (Phi) is 4.52. The molecule has 7 heteroatoms. The number of fused-ring (bicyclic) bond motifs is 1. The number of carbonyl (C=O) groups excluding carboxylic acids is 3. The number of β-lactam (4-membered cyclic amide) rings is 1. The number of aliphatic hydroxyl groups is 1. The van der Waals surface area contributed by atoms with E-state index in [1.807, 2.05) is 16.4 Å². The Morgan fingerprint density at radius 2 is 1.88 bits per heavy atom. The van der Waals surface area contributed by atoms with Crippen LogP contribution in [0.4, 0.5) is 0 Å². The summed E-state index contributed by atoms with van der Waals surface area (Å²) in [6.45, 7) is 5.00. The van der Waals surface area contributed by atoms with Gasteiger partial charge in [-0.2, -0.15) is 0 Å². The van der Waals surface area contributed by atoms with Crippen molar-refractivity contribution in [3.63, 3.8) is 0 Å². The van der Waals surface area contributed by atoms with Gasteiger partial charge in [0.05, 0.1) is 27.5 Å². The van der Waals surface area contributed by atoms with E-state index in [1.165, 1.54) is 11.8 Å². The molecule has 1 aromatic rings. The number of carbonyl (C=O) groups is 3. The Bertz CT molecular complexity index is 783. The number of rotatable bonds is 4. The first-order chi connectivity index (χ1) is 11.8. The smallest absolute Gasteiger partial charge is 0.357 e. The third kappa shape index (κ3) is 2.60. The molecule has 25 heavy (non-hydrogen) atoms. The normalized spacial score (nSPS) is 26.2. The molecule has 0 bridgehead atoms. The van der Waals surface area contributed by atoms with E-state index >= 15 is 0 Å². The van der Waals surface area contributed by atoms with Gasteiger partial charge in [0.15, 0.2) is 5.78 Å². The van der Waals surface area contributed by atoms with Gasteiger partial charge in [0.25, 0.3) is 0 Å². The summed E-state index contributed by atoms with van der Waals surface area (Å²) in [6, 6.07) is 6.67. The van der Waals surface area contributed by atoms with Gasteiger partial charge in [-0.1, -0.05) is 31.2 Å². The molecular formula is C18H20NO5P. The molecule has 2 aliphatic heterocycles. The molecule has 1 unspecified atom stereocenters. The molecule has 0 aliphatic carbocycles. The van der Waals surface area contributed by atoms with Gasteiger partial charge in [0, 0.05) is 11.5 Å². The van der Waals surface area contributed by atoms with Crippen molar-refractivity contribution in [2.45, 2.75) is 32.9 Å². The predicted molar refractivity (Wildman–Crippen MR) is 94.1 cm³/mol. The molecule has 2 aliphatic rings. The maximum Gasteiger partial charge on any atom is 0.357 e. The van der Waals surface area contributed by atoms with Crippen molar-refractivity contribution >= 4 is 32.7 Å². The van der Waals surface area contributed by atoms with Crippen molar-refractivity contribution in [2.75, 3.05) is 0 Å². The zero-order chi connectivity index (χ0) is 18.5. The van der Waals surface area contributed by atoms with E-state index in [2.05, 4.69) is 0 Å². The molecule has 5 atom stereocenters. The van der Waals surface area contributed by atoms with E-state index in [1.54, 1.807) is 31.2 Å². The van der Waals surface area contributed by atoms with Crippen LogP contribution in [0.2, 0.25) is 0 Å². The molecule has 3 rings (SSSR count). The highest BCUT2D eigenvalue weighted by Gasteiger charge is 2.60. The number of aliphatic hydroxyl groups excluding tert-OH is 1. The largest absolute Gasteiger partial charge is 0.447 e. The fourth-order valence-corrected chi connectivity index (χ4v) is 3.99. The molecular weight excluding hydrogens is 341 g/mol. The lowest BCUT2D eigenvalue weighted by atomic mass is 9.77. The molecule has 132 valence electrons.